The second kappa shape index (κ2) is 12.1. The minimum Gasteiger partial charge on any atom is -0.493 e. The van der Waals surface area contributed by atoms with Crippen LogP contribution in [0.15, 0.2) is 36.4 Å². The standard InChI is InChI=1S/C28H38N4O4/c1-20-8-6-9-21(2)27(20)30-26(33)19-31-14-7-15-32(17-16-31)28(34)29-22-12-13-24(35-3)25(18-22)36-23-10-4-5-11-23/h6,8-9,12-13,18,23H,4-5,7,10-11,14-17,19H2,1-3H3,(H,29,34)(H,30,33). The van der Waals surface area contributed by atoms with Gasteiger partial charge in [-0.15, -0.1) is 0 Å². The summed E-state index contributed by atoms with van der Waals surface area (Å²) in [6.45, 7) is 6.92. The average molecular weight is 495 g/mol. The molecule has 0 unspecified atom stereocenters. The maximum absolute atomic E-state index is 13.0. The molecule has 36 heavy (non-hydrogen) atoms. The van der Waals surface area contributed by atoms with Gasteiger partial charge in [-0.2, -0.15) is 0 Å². The van der Waals surface area contributed by atoms with Crippen molar-refractivity contribution in [2.75, 3.05) is 50.5 Å². The van der Waals surface area contributed by atoms with Gasteiger partial charge in [0.1, 0.15) is 0 Å². The minimum absolute atomic E-state index is 0.0293. The molecule has 2 fully saturated rings. The van der Waals surface area contributed by atoms with Gasteiger partial charge < -0.3 is 25.0 Å². The molecule has 2 aliphatic rings. The van der Waals surface area contributed by atoms with E-state index in [9.17, 15) is 9.59 Å². The van der Waals surface area contributed by atoms with E-state index in [0.29, 0.717) is 43.4 Å². The van der Waals surface area contributed by atoms with E-state index in [1.54, 1.807) is 7.11 Å². The molecule has 1 aliphatic carbocycles. The second-order valence-electron chi connectivity index (χ2n) is 9.75. The van der Waals surface area contributed by atoms with Gasteiger partial charge in [0.15, 0.2) is 11.5 Å². The van der Waals surface area contributed by atoms with Crippen LogP contribution in [0.25, 0.3) is 0 Å². The molecule has 8 heteroatoms. The number of urea groups is 1. The van der Waals surface area contributed by atoms with Crippen LogP contribution in [0.4, 0.5) is 16.2 Å². The lowest BCUT2D eigenvalue weighted by Crippen LogP contribution is -2.39. The number of methoxy groups -OCH3 is 1. The van der Waals surface area contributed by atoms with Gasteiger partial charge in [-0.3, -0.25) is 9.69 Å². The molecule has 1 aliphatic heterocycles. The van der Waals surface area contributed by atoms with Gasteiger partial charge in [0, 0.05) is 43.6 Å². The third-order valence-corrected chi connectivity index (χ3v) is 7.00. The van der Waals surface area contributed by atoms with E-state index in [0.717, 1.165) is 42.6 Å². The molecule has 1 heterocycles. The van der Waals surface area contributed by atoms with E-state index in [1.807, 2.05) is 55.1 Å². The van der Waals surface area contributed by atoms with Crippen LogP contribution in [0.3, 0.4) is 0 Å². The van der Waals surface area contributed by atoms with Crippen molar-refractivity contribution in [3.63, 3.8) is 0 Å². The zero-order chi connectivity index (χ0) is 25.5. The summed E-state index contributed by atoms with van der Waals surface area (Å²) in [5.74, 6) is 1.31. The Hall–Kier alpha value is -3.26. The summed E-state index contributed by atoms with van der Waals surface area (Å²) in [5.41, 5.74) is 3.67. The summed E-state index contributed by atoms with van der Waals surface area (Å²) in [5, 5.41) is 6.07. The van der Waals surface area contributed by atoms with Crippen molar-refractivity contribution < 1.29 is 19.1 Å². The van der Waals surface area contributed by atoms with Gasteiger partial charge in [-0.1, -0.05) is 18.2 Å². The van der Waals surface area contributed by atoms with Gasteiger partial charge in [-0.05, 0) is 69.2 Å². The normalized spacial score (nSPS) is 16.9. The number of carbonyl (C=O) groups excluding carboxylic acids is 2. The summed E-state index contributed by atoms with van der Waals surface area (Å²) in [6.07, 6.45) is 5.47. The number of para-hydroxylation sites is 1. The Kier molecular flexibility index (Phi) is 8.70. The number of nitrogens with one attached hydrogen (secondary N) is 2. The van der Waals surface area contributed by atoms with Gasteiger partial charge in [0.25, 0.3) is 0 Å². The van der Waals surface area contributed by atoms with E-state index in [-0.39, 0.29) is 18.0 Å². The lowest BCUT2D eigenvalue weighted by molar-refractivity contribution is -0.117. The molecule has 0 radical (unpaired) electrons. The third-order valence-electron chi connectivity index (χ3n) is 7.00. The Morgan fingerprint density at radius 3 is 2.39 bits per heavy atom. The summed E-state index contributed by atoms with van der Waals surface area (Å²) in [4.78, 5) is 29.6. The molecule has 0 bridgehead atoms. The van der Waals surface area contributed by atoms with Crippen LogP contribution >= 0.6 is 0 Å². The molecule has 3 amide bonds. The van der Waals surface area contributed by atoms with Gasteiger partial charge in [-0.25, -0.2) is 4.79 Å². The minimum atomic E-state index is -0.145. The summed E-state index contributed by atoms with van der Waals surface area (Å²) in [6, 6.07) is 11.4. The van der Waals surface area contributed by atoms with Crippen LogP contribution in [0, 0.1) is 13.8 Å². The zero-order valence-corrected chi connectivity index (χ0v) is 21.6. The van der Waals surface area contributed by atoms with Gasteiger partial charge >= 0.3 is 6.03 Å². The van der Waals surface area contributed by atoms with Crippen molar-refractivity contribution in [3.05, 3.63) is 47.5 Å². The number of benzene rings is 2. The fraction of sp³-hybridized carbons (Fsp3) is 0.500. The number of hydrogen-bond donors (Lipinski definition) is 2. The lowest BCUT2D eigenvalue weighted by Gasteiger charge is -2.23. The first-order valence-electron chi connectivity index (χ1n) is 12.9. The van der Waals surface area contributed by atoms with E-state index in [4.69, 9.17) is 9.47 Å². The predicted octanol–water partition coefficient (Wildman–Crippen LogP) is 4.81. The van der Waals surface area contributed by atoms with Crippen molar-refractivity contribution in [1.29, 1.82) is 0 Å². The largest absolute Gasteiger partial charge is 0.493 e. The fourth-order valence-electron chi connectivity index (χ4n) is 4.96. The first kappa shape index (κ1) is 25.8. The summed E-state index contributed by atoms with van der Waals surface area (Å²) in [7, 11) is 1.63. The molecule has 2 N–H and O–H groups in total. The van der Waals surface area contributed by atoms with Gasteiger partial charge in [0.2, 0.25) is 5.91 Å². The Morgan fingerprint density at radius 2 is 1.67 bits per heavy atom. The number of carbonyl (C=O) groups is 2. The zero-order valence-electron chi connectivity index (χ0n) is 21.6. The summed E-state index contributed by atoms with van der Waals surface area (Å²) < 4.78 is 11.6. The van der Waals surface area contributed by atoms with Gasteiger partial charge in [0.05, 0.1) is 19.8 Å². The highest BCUT2D eigenvalue weighted by molar-refractivity contribution is 5.93. The monoisotopic (exact) mass is 494 g/mol. The maximum atomic E-state index is 13.0. The number of anilines is 2. The first-order chi connectivity index (χ1) is 17.4. The number of amides is 3. The maximum Gasteiger partial charge on any atom is 0.321 e. The molecule has 2 aromatic carbocycles. The number of aryl methyl sites for hydroxylation is 2. The SMILES string of the molecule is COc1ccc(NC(=O)N2CCCN(CC(=O)Nc3c(C)cccc3C)CC2)cc1OC1CCCC1. The predicted molar refractivity (Wildman–Crippen MR) is 142 cm³/mol. The topological polar surface area (TPSA) is 83.1 Å². The molecule has 4 rings (SSSR count). The second-order valence-corrected chi connectivity index (χ2v) is 9.75. The van der Waals surface area contributed by atoms with Crippen LogP contribution in [-0.4, -0.2) is 67.7 Å². The summed E-state index contributed by atoms with van der Waals surface area (Å²) >= 11 is 0. The molecule has 0 spiro atoms. The molecule has 1 saturated carbocycles. The highest BCUT2D eigenvalue weighted by Crippen LogP contribution is 2.34. The molecule has 0 aromatic heterocycles. The van der Waals surface area contributed by atoms with Crippen molar-refractivity contribution >= 4 is 23.3 Å². The van der Waals surface area contributed by atoms with E-state index >= 15 is 0 Å². The van der Waals surface area contributed by atoms with Crippen molar-refractivity contribution in [3.8, 4) is 11.5 Å². The Balaban J connectivity index is 1.30. The van der Waals surface area contributed by atoms with Crippen molar-refractivity contribution in [1.82, 2.24) is 9.80 Å². The Morgan fingerprint density at radius 1 is 0.917 bits per heavy atom. The molecule has 1 saturated heterocycles. The molecular weight excluding hydrogens is 456 g/mol. The molecule has 2 aromatic rings. The number of ether oxygens (including phenoxy) is 2. The molecular formula is C28H38N4O4. The first-order valence-corrected chi connectivity index (χ1v) is 12.9. The lowest BCUT2D eigenvalue weighted by atomic mass is 10.1. The van der Waals surface area contributed by atoms with E-state index in [2.05, 4.69) is 15.5 Å². The van der Waals surface area contributed by atoms with Crippen LogP contribution in [-0.2, 0) is 4.79 Å². The molecule has 0 atom stereocenters. The van der Waals surface area contributed by atoms with Crippen molar-refractivity contribution in [2.24, 2.45) is 0 Å². The smallest absolute Gasteiger partial charge is 0.321 e. The Bertz CT molecular complexity index is 1050. The third kappa shape index (κ3) is 6.69. The number of nitrogens with zero attached hydrogens (tertiary/aromatic N) is 2. The highest BCUT2D eigenvalue weighted by Gasteiger charge is 2.22. The number of rotatable bonds is 7. The highest BCUT2D eigenvalue weighted by atomic mass is 16.5. The van der Waals surface area contributed by atoms with Crippen LogP contribution in [0.5, 0.6) is 11.5 Å². The number of hydrogen-bond acceptors (Lipinski definition) is 5. The van der Waals surface area contributed by atoms with Crippen molar-refractivity contribution in [2.45, 2.75) is 52.1 Å². The quantitative estimate of drug-likeness (QED) is 0.577. The van der Waals surface area contributed by atoms with Crippen LogP contribution in [0.2, 0.25) is 0 Å². The van der Waals surface area contributed by atoms with E-state index < -0.39 is 0 Å². The Labute approximate surface area is 213 Å². The van der Waals surface area contributed by atoms with Crippen LogP contribution < -0.4 is 20.1 Å². The van der Waals surface area contributed by atoms with E-state index in [1.165, 1.54) is 12.8 Å². The molecule has 194 valence electrons. The molecule has 8 nitrogen and oxygen atoms in total. The average Bonchev–Trinajstić information content (AvgIpc) is 3.25. The fourth-order valence-corrected chi connectivity index (χ4v) is 4.96. The van der Waals surface area contributed by atoms with Crippen LogP contribution in [0.1, 0.15) is 43.2 Å².